The first-order valence-electron chi connectivity index (χ1n) is 9.24. The molecule has 0 aromatic carbocycles. The zero-order valence-electron chi connectivity index (χ0n) is 15.3. The summed E-state index contributed by atoms with van der Waals surface area (Å²) in [7, 11) is 0. The third kappa shape index (κ3) is 3.93. The van der Waals surface area contributed by atoms with E-state index in [9.17, 15) is 4.79 Å². The van der Waals surface area contributed by atoms with Crippen molar-refractivity contribution in [2.45, 2.75) is 52.1 Å². The molecule has 140 valence electrons. The topological polar surface area (TPSA) is 91.0 Å². The molecule has 3 heterocycles. The van der Waals surface area contributed by atoms with Gasteiger partial charge in [0.05, 0.1) is 11.8 Å². The highest BCUT2D eigenvalue weighted by molar-refractivity contribution is 7.19. The number of aryl methyl sites for hydroxylation is 3. The number of nitrogens with zero attached hydrogens (tertiary/aromatic N) is 3. The summed E-state index contributed by atoms with van der Waals surface area (Å²) in [4.78, 5) is 27.5. The van der Waals surface area contributed by atoms with E-state index in [0.717, 1.165) is 34.3 Å². The van der Waals surface area contributed by atoms with Crippen LogP contribution in [0, 0.1) is 6.92 Å². The summed E-state index contributed by atoms with van der Waals surface area (Å²) in [6.45, 7) is 1.94. The molecular formula is C20H22N4O2S. The van der Waals surface area contributed by atoms with Gasteiger partial charge in [0.2, 0.25) is 0 Å². The Hall–Kier alpha value is -2.54. The van der Waals surface area contributed by atoms with Crippen molar-refractivity contribution in [1.29, 1.82) is 0 Å². The van der Waals surface area contributed by atoms with Crippen LogP contribution < -0.4 is 5.73 Å². The molecule has 0 amide bonds. The smallest absolute Gasteiger partial charge is 0.310 e. The van der Waals surface area contributed by atoms with Crippen molar-refractivity contribution < 1.29 is 9.53 Å². The maximum atomic E-state index is 12.1. The number of carbonyl (C=O) groups is 1. The normalized spacial score (nSPS) is 14.0. The maximum Gasteiger partial charge on any atom is 0.310 e. The van der Waals surface area contributed by atoms with E-state index in [2.05, 4.69) is 15.0 Å². The number of aromatic nitrogens is 3. The summed E-state index contributed by atoms with van der Waals surface area (Å²) >= 11 is 1.70. The van der Waals surface area contributed by atoms with Gasteiger partial charge in [0.1, 0.15) is 10.6 Å². The van der Waals surface area contributed by atoms with Crippen molar-refractivity contribution in [2.24, 2.45) is 0 Å². The first-order chi connectivity index (χ1) is 13.1. The van der Waals surface area contributed by atoms with Crippen LogP contribution in [-0.2, 0) is 35.4 Å². The summed E-state index contributed by atoms with van der Waals surface area (Å²) in [6, 6.07) is 3.75. The highest BCUT2D eigenvalue weighted by Crippen LogP contribution is 2.37. The highest BCUT2D eigenvalue weighted by Gasteiger charge is 2.19. The fraction of sp³-hybridized carbons (Fsp3) is 0.400. The van der Waals surface area contributed by atoms with E-state index in [0.29, 0.717) is 11.6 Å². The Morgan fingerprint density at radius 2 is 2.07 bits per heavy atom. The Morgan fingerprint density at radius 3 is 2.89 bits per heavy atom. The molecule has 0 aliphatic heterocycles. The average molecular weight is 382 g/mol. The van der Waals surface area contributed by atoms with Crippen molar-refractivity contribution in [2.75, 3.05) is 5.73 Å². The Kier molecular flexibility index (Phi) is 5.03. The number of nitrogens with two attached hydrogens (primary N) is 1. The van der Waals surface area contributed by atoms with E-state index < -0.39 is 0 Å². The largest absolute Gasteiger partial charge is 0.457 e. The van der Waals surface area contributed by atoms with Gasteiger partial charge in [-0.3, -0.25) is 9.78 Å². The van der Waals surface area contributed by atoms with Crippen LogP contribution in [0.4, 0.5) is 5.82 Å². The lowest BCUT2D eigenvalue weighted by Gasteiger charge is -2.06. The van der Waals surface area contributed by atoms with Gasteiger partial charge in [0.15, 0.2) is 12.4 Å². The molecule has 27 heavy (non-hydrogen) atoms. The molecule has 1 aliphatic carbocycles. The number of pyridine rings is 1. The van der Waals surface area contributed by atoms with Gasteiger partial charge in [-0.25, -0.2) is 9.97 Å². The van der Waals surface area contributed by atoms with Crippen molar-refractivity contribution >= 4 is 33.3 Å². The summed E-state index contributed by atoms with van der Waals surface area (Å²) in [5, 5.41) is 0.998. The Morgan fingerprint density at radius 1 is 1.22 bits per heavy atom. The number of ether oxygens (including phenoxy) is 1. The number of rotatable bonds is 4. The van der Waals surface area contributed by atoms with Crippen LogP contribution in [0.1, 0.15) is 46.8 Å². The monoisotopic (exact) mass is 382 g/mol. The predicted molar refractivity (Wildman–Crippen MR) is 106 cm³/mol. The van der Waals surface area contributed by atoms with Crippen molar-refractivity contribution in [3.8, 4) is 0 Å². The zero-order valence-corrected chi connectivity index (χ0v) is 16.1. The summed E-state index contributed by atoms with van der Waals surface area (Å²) in [5.41, 5.74) is 9.29. The third-order valence-corrected chi connectivity index (χ3v) is 6.01. The van der Waals surface area contributed by atoms with Gasteiger partial charge in [0.25, 0.3) is 0 Å². The molecule has 0 bridgehead atoms. The molecule has 0 radical (unpaired) electrons. The molecule has 0 atom stereocenters. The molecule has 2 N–H and O–H groups in total. The van der Waals surface area contributed by atoms with E-state index >= 15 is 0 Å². The number of hydrogen-bond donors (Lipinski definition) is 1. The summed E-state index contributed by atoms with van der Waals surface area (Å²) in [6.07, 6.45) is 7.66. The maximum absolute atomic E-state index is 12.1. The molecule has 0 saturated carbocycles. The molecule has 0 fully saturated rings. The number of nitrogen functional groups attached to an aromatic ring is 1. The van der Waals surface area contributed by atoms with Gasteiger partial charge in [-0.05, 0) is 49.8 Å². The molecule has 3 aromatic rings. The minimum absolute atomic E-state index is 0.0286. The number of hydrogen-bond acceptors (Lipinski definition) is 7. The van der Waals surface area contributed by atoms with E-state index in [1.165, 1.54) is 29.7 Å². The predicted octanol–water partition coefficient (Wildman–Crippen LogP) is 3.53. The first-order valence-corrected chi connectivity index (χ1v) is 10.1. The van der Waals surface area contributed by atoms with Crippen molar-refractivity contribution in [3.63, 3.8) is 0 Å². The van der Waals surface area contributed by atoms with Gasteiger partial charge in [0, 0.05) is 16.8 Å². The lowest BCUT2D eigenvalue weighted by atomic mass is 10.1. The van der Waals surface area contributed by atoms with E-state index in [-0.39, 0.29) is 19.0 Å². The number of anilines is 1. The van der Waals surface area contributed by atoms with Crippen LogP contribution in [-0.4, -0.2) is 20.9 Å². The number of fused-ring (bicyclic) bond motifs is 3. The lowest BCUT2D eigenvalue weighted by Crippen LogP contribution is -2.10. The summed E-state index contributed by atoms with van der Waals surface area (Å²) in [5.74, 6) is 0.616. The van der Waals surface area contributed by atoms with Crippen molar-refractivity contribution in [1.82, 2.24) is 15.0 Å². The van der Waals surface area contributed by atoms with Crippen molar-refractivity contribution in [3.05, 3.63) is 45.9 Å². The second-order valence-electron chi connectivity index (χ2n) is 6.91. The molecule has 0 unspecified atom stereocenters. The molecule has 1 aliphatic rings. The minimum Gasteiger partial charge on any atom is -0.457 e. The van der Waals surface area contributed by atoms with Crippen LogP contribution in [0.2, 0.25) is 0 Å². The van der Waals surface area contributed by atoms with Gasteiger partial charge in [-0.15, -0.1) is 11.3 Å². The molecule has 0 spiro atoms. The number of esters is 1. The fourth-order valence-corrected chi connectivity index (χ4v) is 4.73. The second-order valence-corrected chi connectivity index (χ2v) is 8.00. The number of thiophene rings is 1. The number of carbonyl (C=O) groups excluding carboxylic acids is 1. The Labute approximate surface area is 161 Å². The summed E-state index contributed by atoms with van der Waals surface area (Å²) < 4.78 is 5.35. The van der Waals surface area contributed by atoms with Gasteiger partial charge >= 0.3 is 5.97 Å². The quantitative estimate of drug-likeness (QED) is 0.548. The van der Waals surface area contributed by atoms with Gasteiger partial charge in [-0.2, -0.15) is 0 Å². The van der Waals surface area contributed by atoms with E-state index in [1.807, 2.05) is 19.1 Å². The fourth-order valence-electron chi connectivity index (χ4n) is 3.44. The lowest BCUT2D eigenvalue weighted by molar-refractivity contribution is -0.144. The molecule has 4 rings (SSSR count). The van der Waals surface area contributed by atoms with Crippen LogP contribution in [0.3, 0.4) is 0 Å². The van der Waals surface area contributed by atoms with Gasteiger partial charge < -0.3 is 10.5 Å². The van der Waals surface area contributed by atoms with Crippen LogP contribution >= 0.6 is 11.3 Å². The van der Waals surface area contributed by atoms with E-state index in [1.54, 1.807) is 17.5 Å². The Bertz CT molecular complexity index is 982. The molecule has 0 saturated heterocycles. The third-order valence-electron chi connectivity index (χ3n) is 4.82. The van der Waals surface area contributed by atoms with Crippen LogP contribution in [0.5, 0.6) is 0 Å². The first kappa shape index (κ1) is 17.9. The zero-order chi connectivity index (χ0) is 18.8. The highest BCUT2D eigenvalue weighted by atomic mass is 32.1. The van der Waals surface area contributed by atoms with E-state index in [4.69, 9.17) is 10.5 Å². The standard InChI is InChI=1S/C20H22N4O2S/c1-12-7-8-13(10-22-12)9-17(25)26-11-16-23-19(21)18-14-5-3-2-4-6-15(14)27-20(18)24-16/h7-8,10H,2-6,9,11H2,1H3,(H2,21,23,24). The van der Waals surface area contributed by atoms with Crippen LogP contribution in [0.25, 0.3) is 10.2 Å². The molecule has 3 aromatic heterocycles. The molecular weight excluding hydrogens is 360 g/mol. The Balaban J connectivity index is 1.47. The van der Waals surface area contributed by atoms with Crippen LogP contribution in [0.15, 0.2) is 18.3 Å². The average Bonchev–Trinajstić information content (AvgIpc) is 2.84. The van der Waals surface area contributed by atoms with Gasteiger partial charge in [-0.1, -0.05) is 12.5 Å². The minimum atomic E-state index is -0.329. The molecule has 6 nitrogen and oxygen atoms in total. The second kappa shape index (κ2) is 7.60. The molecule has 7 heteroatoms. The SMILES string of the molecule is Cc1ccc(CC(=O)OCc2nc(N)c3c4c(sc3n2)CCCCC4)cn1.